The van der Waals surface area contributed by atoms with Gasteiger partial charge in [-0.25, -0.2) is 22.9 Å². The maximum absolute atomic E-state index is 14.6. The van der Waals surface area contributed by atoms with Crippen molar-refractivity contribution < 1.29 is 32.8 Å². The van der Waals surface area contributed by atoms with Crippen LogP contribution < -0.4 is 4.72 Å². The highest BCUT2D eigenvalue weighted by atomic mass is 32.2. The van der Waals surface area contributed by atoms with Gasteiger partial charge in [-0.05, 0) is 13.8 Å². The SMILES string of the molecule is CC.CC.CCOC(=O)c1c(F)c(S(=O)NC2CN(C(=O)OCC)CC2CO)cn1C. The first-order chi connectivity index (χ1) is 14.8. The zero-order chi connectivity index (χ0) is 24.1. The minimum atomic E-state index is -1.99. The van der Waals surface area contributed by atoms with E-state index in [4.69, 9.17) is 9.47 Å². The van der Waals surface area contributed by atoms with Crippen LogP contribution in [0.1, 0.15) is 52.0 Å². The predicted molar refractivity (Wildman–Crippen MR) is 117 cm³/mol. The first kappa shape index (κ1) is 29.0. The van der Waals surface area contributed by atoms with Crippen LogP contribution in [0.2, 0.25) is 0 Å². The zero-order valence-corrected chi connectivity index (χ0v) is 20.3. The first-order valence-corrected chi connectivity index (χ1v) is 11.7. The topological polar surface area (TPSA) is 110 Å². The average Bonchev–Trinajstić information content (AvgIpc) is 3.31. The fraction of sp³-hybridized carbons (Fsp3) is 0.700. The van der Waals surface area contributed by atoms with Gasteiger partial charge < -0.3 is 24.0 Å². The van der Waals surface area contributed by atoms with Crippen molar-refractivity contribution in [2.75, 3.05) is 32.9 Å². The summed E-state index contributed by atoms with van der Waals surface area (Å²) in [5, 5.41) is 9.53. The summed E-state index contributed by atoms with van der Waals surface area (Å²) in [6, 6.07) is -0.522. The summed E-state index contributed by atoms with van der Waals surface area (Å²) in [5.74, 6) is -2.15. The molecule has 0 aromatic carbocycles. The number of rotatable bonds is 7. The van der Waals surface area contributed by atoms with Gasteiger partial charge in [-0.1, -0.05) is 27.7 Å². The lowest BCUT2D eigenvalue weighted by atomic mass is 10.1. The molecule has 2 heterocycles. The molecule has 1 fully saturated rings. The number of aromatic nitrogens is 1. The van der Waals surface area contributed by atoms with E-state index in [2.05, 4.69) is 4.72 Å². The lowest BCUT2D eigenvalue weighted by Crippen LogP contribution is -2.39. The van der Waals surface area contributed by atoms with Gasteiger partial charge in [-0.3, -0.25) is 0 Å². The zero-order valence-electron chi connectivity index (χ0n) is 19.4. The second kappa shape index (κ2) is 14.9. The highest BCUT2D eigenvalue weighted by Gasteiger charge is 2.37. The van der Waals surface area contributed by atoms with Crippen molar-refractivity contribution in [1.82, 2.24) is 14.2 Å². The highest BCUT2D eigenvalue weighted by molar-refractivity contribution is 7.83. The lowest BCUT2D eigenvalue weighted by Gasteiger charge is -2.16. The molecule has 1 amide bonds. The Morgan fingerprint density at radius 3 is 2.29 bits per heavy atom. The Hall–Kier alpha value is -1.98. The molecule has 0 spiro atoms. The first-order valence-electron chi connectivity index (χ1n) is 10.6. The molecule has 3 atom stereocenters. The van der Waals surface area contributed by atoms with Crippen LogP contribution in [0.3, 0.4) is 0 Å². The number of amides is 1. The van der Waals surface area contributed by atoms with Crippen LogP contribution in [-0.2, 0) is 27.5 Å². The largest absolute Gasteiger partial charge is 0.461 e. The Labute approximate surface area is 186 Å². The van der Waals surface area contributed by atoms with Gasteiger partial charge in [0.15, 0.2) is 11.5 Å². The molecule has 2 rings (SSSR count). The number of likely N-dealkylation sites (tertiary alicyclic amines) is 1. The summed E-state index contributed by atoms with van der Waals surface area (Å²) < 4.78 is 40.9. The number of esters is 1. The summed E-state index contributed by atoms with van der Waals surface area (Å²) in [4.78, 5) is 24.9. The number of carbonyl (C=O) groups is 2. The normalized spacial score (nSPS) is 18.3. The van der Waals surface area contributed by atoms with E-state index >= 15 is 0 Å². The maximum Gasteiger partial charge on any atom is 0.409 e. The molecule has 1 saturated heterocycles. The molecule has 31 heavy (non-hydrogen) atoms. The van der Waals surface area contributed by atoms with Crippen LogP contribution in [-0.4, -0.2) is 69.8 Å². The van der Waals surface area contributed by atoms with Crippen molar-refractivity contribution in [1.29, 1.82) is 0 Å². The average molecular weight is 466 g/mol. The molecule has 2 N–H and O–H groups in total. The van der Waals surface area contributed by atoms with Gasteiger partial charge in [0.25, 0.3) is 0 Å². The summed E-state index contributed by atoms with van der Waals surface area (Å²) in [7, 11) is -0.543. The van der Waals surface area contributed by atoms with Crippen molar-refractivity contribution in [3.63, 3.8) is 0 Å². The fourth-order valence-electron chi connectivity index (χ4n) is 2.89. The lowest BCUT2D eigenvalue weighted by molar-refractivity contribution is 0.0509. The number of hydrogen-bond donors (Lipinski definition) is 2. The van der Waals surface area contributed by atoms with E-state index in [9.17, 15) is 23.3 Å². The minimum absolute atomic E-state index is 0.0874. The van der Waals surface area contributed by atoms with E-state index in [1.165, 1.54) is 22.7 Å². The molecule has 9 nitrogen and oxygen atoms in total. The summed E-state index contributed by atoms with van der Waals surface area (Å²) >= 11 is 0. The van der Waals surface area contributed by atoms with E-state index in [0.717, 1.165) is 0 Å². The summed E-state index contributed by atoms with van der Waals surface area (Å²) in [6.07, 6.45) is 0.720. The number of nitrogens with one attached hydrogen (secondary N) is 1. The number of halogens is 1. The number of aliphatic hydroxyl groups excluding tert-OH is 1. The van der Waals surface area contributed by atoms with Gasteiger partial charge in [-0.2, -0.15) is 0 Å². The van der Waals surface area contributed by atoms with Crippen molar-refractivity contribution in [3.05, 3.63) is 17.7 Å². The maximum atomic E-state index is 14.6. The highest BCUT2D eigenvalue weighted by Crippen LogP contribution is 2.22. The molecule has 0 saturated carbocycles. The molecule has 180 valence electrons. The number of hydrogen-bond acceptors (Lipinski definition) is 6. The Balaban J connectivity index is 0.00000212. The van der Waals surface area contributed by atoms with Crippen LogP contribution in [0.15, 0.2) is 11.1 Å². The number of aliphatic hydroxyl groups is 1. The molecule has 1 aromatic heterocycles. The van der Waals surface area contributed by atoms with Crippen molar-refractivity contribution in [2.24, 2.45) is 13.0 Å². The van der Waals surface area contributed by atoms with Crippen LogP contribution in [0, 0.1) is 11.7 Å². The van der Waals surface area contributed by atoms with Crippen molar-refractivity contribution in [2.45, 2.75) is 52.5 Å². The molecule has 1 aliphatic heterocycles. The van der Waals surface area contributed by atoms with Crippen molar-refractivity contribution in [3.8, 4) is 0 Å². The Morgan fingerprint density at radius 1 is 1.19 bits per heavy atom. The second-order valence-electron chi connectivity index (χ2n) is 6.03. The Bertz CT molecular complexity index is 728. The molecular weight excluding hydrogens is 429 g/mol. The number of aryl methyl sites for hydroxylation is 1. The molecule has 11 heteroatoms. The van der Waals surface area contributed by atoms with Gasteiger partial charge in [0.05, 0.1) is 13.2 Å². The van der Waals surface area contributed by atoms with Gasteiger partial charge in [0.1, 0.15) is 15.9 Å². The smallest absolute Gasteiger partial charge is 0.409 e. The third-order valence-electron chi connectivity index (χ3n) is 4.22. The summed E-state index contributed by atoms with van der Waals surface area (Å²) in [6.45, 7) is 11.7. The number of carbonyl (C=O) groups excluding carboxylic acids is 2. The molecule has 0 bridgehead atoms. The monoisotopic (exact) mass is 465 g/mol. The van der Waals surface area contributed by atoms with Gasteiger partial charge in [0, 0.05) is 44.9 Å². The van der Waals surface area contributed by atoms with Gasteiger partial charge >= 0.3 is 12.1 Å². The van der Waals surface area contributed by atoms with Crippen LogP contribution in [0.4, 0.5) is 9.18 Å². The summed E-state index contributed by atoms with van der Waals surface area (Å²) in [5.41, 5.74) is -0.319. The van der Waals surface area contributed by atoms with E-state index in [0.29, 0.717) is 0 Å². The molecule has 1 aliphatic rings. The predicted octanol–water partition coefficient (Wildman–Crippen LogP) is 2.45. The fourth-order valence-corrected chi connectivity index (χ4v) is 4.07. The van der Waals surface area contributed by atoms with Crippen LogP contribution in [0.25, 0.3) is 0 Å². The number of ether oxygens (including phenoxy) is 2. The Morgan fingerprint density at radius 2 is 1.77 bits per heavy atom. The minimum Gasteiger partial charge on any atom is -0.461 e. The Kier molecular flexibility index (Phi) is 14.0. The van der Waals surface area contributed by atoms with E-state index in [1.54, 1.807) is 13.8 Å². The van der Waals surface area contributed by atoms with Gasteiger partial charge in [0.2, 0.25) is 0 Å². The van der Waals surface area contributed by atoms with Crippen LogP contribution in [0.5, 0.6) is 0 Å². The number of nitrogens with zero attached hydrogens (tertiary/aromatic N) is 2. The molecule has 0 aliphatic carbocycles. The standard InChI is InChI=1S/C16H24FN3O6S.2C2H6/c1-4-25-15(22)14-13(17)12(8-19(14)3)27(24)18-11-7-20(6-10(11)9-21)16(23)26-5-2;2*1-2/h8,10-11,18,21H,4-7,9H2,1-3H3;2*1-2H3. The van der Waals surface area contributed by atoms with Crippen molar-refractivity contribution >= 4 is 23.0 Å². The second-order valence-corrected chi connectivity index (χ2v) is 7.24. The van der Waals surface area contributed by atoms with Crippen LogP contribution >= 0.6 is 0 Å². The third kappa shape index (κ3) is 7.58. The molecule has 0 radical (unpaired) electrons. The third-order valence-corrected chi connectivity index (χ3v) is 5.42. The van der Waals surface area contributed by atoms with E-state index < -0.39 is 34.9 Å². The van der Waals surface area contributed by atoms with E-state index in [1.807, 2.05) is 27.7 Å². The molecular formula is C20H36FN3O6S. The van der Waals surface area contributed by atoms with E-state index in [-0.39, 0.29) is 49.4 Å². The molecule has 1 aromatic rings. The molecule has 3 unspecified atom stereocenters. The quantitative estimate of drug-likeness (QED) is 0.599. The van der Waals surface area contributed by atoms with Gasteiger partial charge in [-0.15, -0.1) is 0 Å².